The first kappa shape index (κ1) is 20.9. The number of hydrogen-bond donors (Lipinski definition) is 1. The van der Waals surface area contributed by atoms with Crippen molar-refractivity contribution in [1.29, 1.82) is 0 Å². The van der Waals surface area contributed by atoms with E-state index in [2.05, 4.69) is 31.0 Å². The normalized spacial score (nSPS) is 11.4. The second kappa shape index (κ2) is 18.0. The molecule has 1 N–H and O–H groups in total. The van der Waals surface area contributed by atoms with Gasteiger partial charge in [-0.3, -0.25) is 0 Å². The van der Waals surface area contributed by atoms with Crippen LogP contribution in [0.5, 0.6) is 0 Å². The van der Waals surface area contributed by atoms with Gasteiger partial charge in [-0.25, -0.2) is 0 Å². The Hall–Kier alpha value is -0.0800. The minimum absolute atomic E-state index is 1.20. The van der Waals surface area contributed by atoms with E-state index in [1.165, 1.54) is 103 Å². The first-order chi connectivity index (χ1) is 10.3. The summed E-state index contributed by atoms with van der Waals surface area (Å²) in [7, 11) is 0. The summed E-state index contributed by atoms with van der Waals surface area (Å²) >= 11 is 0. The average molecular weight is 299 g/mol. The molecule has 2 nitrogen and oxygen atoms in total. The summed E-state index contributed by atoms with van der Waals surface area (Å²) < 4.78 is 0. The second-order valence-electron chi connectivity index (χ2n) is 6.42. The fraction of sp³-hybridized carbons (Fsp3) is 1.00. The third-order valence-corrected chi connectivity index (χ3v) is 4.19. The van der Waals surface area contributed by atoms with Gasteiger partial charge in [-0.1, -0.05) is 65.7 Å². The van der Waals surface area contributed by atoms with Gasteiger partial charge >= 0.3 is 0 Å². The molecular weight excluding hydrogens is 256 g/mol. The van der Waals surface area contributed by atoms with E-state index in [1.54, 1.807) is 0 Å². The Bertz CT molecular complexity index is 174. The monoisotopic (exact) mass is 298 g/mol. The van der Waals surface area contributed by atoms with Crippen molar-refractivity contribution in [2.45, 2.75) is 91.4 Å². The van der Waals surface area contributed by atoms with Gasteiger partial charge in [0.25, 0.3) is 0 Å². The lowest BCUT2D eigenvalue weighted by atomic mass is 10.1. The number of nitrogens with one attached hydrogen (secondary N) is 1. The van der Waals surface area contributed by atoms with Crippen LogP contribution >= 0.6 is 0 Å². The quantitative estimate of drug-likeness (QED) is 0.370. The van der Waals surface area contributed by atoms with Crippen LogP contribution in [0.25, 0.3) is 0 Å². The predicted octanol–water partition coefficient (Wildman–Crippen LogP) is 5.23. The molecule has 2 heteroatoms. The molecule has 128 valence electrons. The molecule has 0 radical (unpaired) electrons. The van der Waals surface area contributed by atoms with E-state index in [0.717, 1.165) is 0 Å². The van der Waals surface area contributed by atoms with E-state index in [0.29, 0.717) is 0 Å². The lowest BCUT2D eigenvalue weighted by molar-refractivity contribution is 0.261. The summed E-state index contributed by atoms with van der Waals surface area (Å²) in [6.07, 6.45) is 15.1. The molecule has 0 spiro atoms. The molecule has 0 saturated heterocycles. The Kier molecular flexibility index (Phi) is 17.9. The molecular formula is C19H42N2. The summed E-state index contributed by atoms with van der Waals surface area (Å²) in [5.74, 6) is 0. The van der Waals surface area contributed by atoms with Crippen LogP contribution in [0.15, 0.2) is 0 Å². The Morgan fingerprint density at radius 2 is 1.00 bits per heavy atom. The first-order valence-electron chi connectivity index (χ1n) is 9.78. The highest BCUT2D eigenvalue weighted by atomic mass is 15.1. The largest absolute Gasteiger partial charge is 0.317 e. The van der Waals surface area contributed by atoms with Crippen molar-refractivity contribution < 1.29 is 0 Å². The van der Waals surface area contributed by atoms with Crippen LogP contribution in [-0.4, -0.2) is 37.6 Å². The third kappa shape index (κ3) is 16.1. The molecule has 0 saturated carbocycles. The summed E-state index contributed by atoms with van der Waals surface area (Å²) in [6.45, 7) is 13.2. The molecule has 0 aliphatic heterocycles. The highest BCUT2D eigenvalue weighted by molar-refractivity contribution is 4.59. The van der Waals surface area contributed by atoms with Gasteiger partial charge in [0.05, 0.1) is 0 Å². The Morgan fingerprint density at radius 3 is 1.62 bits per heavy atom. The molecule has 0 amide bonds. The molecule has 0 aromatic carbocycles. The van der Waals surface area contributed by atoms with Crippen molar-refractivity contribution in [1.82, 2.24) is 10.2 Å². The first-order valence-corrected chi connectivity index (χ1v) is 9.78. The molecule has 21 heavy (non-hydrogen) atoms. The number of rotatable bonds is 17. The van der Waals surface area contributed by atoms with Crippen LogP contribution < -0.4 is 5.32 Å². The van der Waals surface area contributed by atoms with Crippen molar-refractivity contribution in [3.8, 4) is 0 Å². The van der Waals surface area contributed by atoms with Gasteiger partial charge in [0.2, 0.25) is 0 Å². The Balaban J connectivity index is 3.35. The molecule has 0 atom stereocenters. The maximum absolute atomic E-state index is 3.62. The van der Waals surface area contributed by atoms with Crippen molar-refractivity contribution in [2.24, 2.45) is 0 Å². The zero-order valence-electron chi connectivity index (χ0n) is 15.3. The van der Waals surface area contributed by atoms with Crippen LogP contribution in [-0.2, 0) is 0 Å². The van der Waals surface area contributed by atoms with Crippen LogP contribution in [0.4, 0.5) is 0 Å². The standard InChI is InChI=1S/C19H42N2/c1-4-7-10-11-12-13-15-20-16-14-19-21(17-8-5-2)18-9-6-3/h20H,4-19H2,1-3H3. The van der Waals surface area contributed by atoms with Gasteiger partial charge in [0.1, 0.15) is 0 Å². The molecule has 0 rings (SSSR count). The van der Waals surface area contributed by atoms with Gasteiger partial charge in [0, 0.05) is 0 Å². The van der Waals surface area contributed by atoms with Crippen molar-refractivity contribution in [2.75, 3.05) is 32.7 Å². The van der Waals surface area contributed by atoms with Gasteiger partial charge in [-0.15, -0.1) is 0 Å². The molecule has 0 aliphatic rings. The van der Waals surface area contributed by atoms with Crippen LogP contribution in [0.2, 0.25) is 0 Å². The Labute approximate surface area is 135 Å². The summed E-state index contributed by atoms with van der Waals surface area (Å²) in [5.41, 5.74) is 0. The Morgan fingerprint density at radius 1 is 0.524 bits per heavy atom. The molecule has 0 aromatic rings. The lowest BCUT2D eigenvalue weighted by Gasteiger charge is -2.21. The van der Waals surface area contributed by atoms with E-state index in [-0.39, 0.29) is 0 Å². The fourth-order valence-electron chi connectivity index (χ4n) is 2.68. The maximum atomic E-state index is 3.62. The second-order valence-corrected chi connectivity index (χ2v) is 6.42. The lowest BCUT2D eigenvalue weighted by Crippen LogP contribution is -2.29. The van der Waals surface area contributed by atoms with E-state index in [4.69, 9.17) is 0 Å². The van der Waals surface area contributed by atoms with Crippen molar-refractivity contribution >= 4 is 0 Å². The summed E-state index contributed by atoms with van der Waals surface area (Å²) in [6, 6.07) is 0. The minimum Gasteiger partial charge on any atom is -0.317 e. The topological polar surface area (TPSA) is 15.3 Å². The molecule has 0 aliphatic carbocycles. The van der Waals surface area contributed by atoms with Crippen LogP contribution in [0.1, 0.15) is 91.4 Å². The predicted molar refractivity (Wildman–Crippen MR) is 97.1 cm³/mol. The zero-order chi connectivity index (χ0) is 15.6. The highest BCUT2D eigenvalue weighted by Gasteiger charge is 2.03. The zero-order valence-corrected chi connectivity index (χ0v) is 15.3. The van der Waals surface area contributed by atoms with Crippen molar-refractivity contribution in [3.05, 3.63) is 0 Å². The molecule has 0 fully saturated rings. The van der Waals surface area contributed by atoms with Gasteiger partial charge in [-0.2, -0.15) is 0 Å². The number of hydrogen-bond acceptors (Lipinski definition) is 2. The summed E-state index contributed by atoms with van der Waals surface area (Å²) in [5, 5.41) is 3.62. The highest BCUT2D eigenvalue weighted by Crippen LogP contribution is 2.04. The minimum atomic E-state index is 1.20. The van der Waals surface area contributed by atoms with Gasteiger partial charge in [-0.05, 0) is 58.4 Å². The average Bonchev–Trinajstić information content (AvgIpc) is 2.51. The van der Waals surface area contributed by atoms with Crippen molar-refractivity contribution in [3.63, 3.8) is 0 Å². The van der Waals surface area contributed by atoms with E-state index in [9.17, 15) is 0 Å². The number of unbranched alkanes of at least 4 members (excludes halogenated alkanes) is 7. The number of nitrogens with zero attached hydrogens (tertiary/aromatic N) is 1. The summed E-state index contributed by atoms with van der Waals surface area (Å²) in [4.78, 5) is 2.67. The molecule has 0 aromatic heterocycles. The molecule has 0 bridgehead atoms. The smallest absolute Gasteiger partial charge is 0.000664 e. The maximum Gasteiger partial charge on any atom is -0.000664 e. The fourth-order valence-corrected chi connectivity index (χ4v) is 2.68. The van der Waals surface area contributed by atoms with E-state index < -0.39 is 0 Å². The van der Waals surface area contributed by atoms with Gasteiger partial charge < -0.3 is 10.2 Å². The molecule has 0 unspecified atom stereocenters. The third-order valence-electron chi connectivity index (χ3n) is 4.19. The van der Waals surface area contributed by atoms with Crippen LogP contribution in [0.3, 0.4) is 0 Å². The van der Waals surface area contributed by atoms with Gasteiger partial charge in [0.15, 0.2) is 0 Å². The SMILES string of the molecule is CCCCCCCCNCCCN(CCCC)CCCC. The van der Waals surface area contributed by atoms with Crippen LogP contribution in [0, 0.1) is 0 Å². The van der Waals surface area contributed by atoms with E-state index >= 15 is 0 Å². The van der Waals surface area contributed by atoms with E-state index in [1.807, 2.05) is 0 Å². The molecule has 0 heterocycles.